The van der Waals surface area contributed by atoms with Crippen molar-refractivity contribution in [2.45, 2.75) is 38.7 Å². The van der Waals surface area contributed by atoms with Crippen LogP contribution >= 0.6 is 31.9 Å². The van der Waals surface area contributed by atoms with E-state index in [1.54, 1.807) is 6.07 Å². The van der Waals surface area contributed by atoms with E-state index in [0.29, 0.717) is 15.7 Å². The van der Waals surface area contributed by atoms with E-state index in [-0.39, 0.29) is 12.1 Å². The topological polar surface area (TPSA) is 52.3 Å². The number of hydrogen-bond acceptors (Lipinski definition) is 3. The molecule has 1 aliphatic rings. The van der Waals surface area contributed by atoms with Crippen molar-refractivity contribution in [3.05, 3.63) is 26.6 Å². The van der Waals surface area contributed by atoms with Crippen molar-refractivity contribution in [2.24, 2.45) is 5.92 Å². The minimum Gasteiger partial charge on any atom is -0.459 e. The molecule has 0 aliphatic heterocycles. The van der Waals surface area contributed by atoms with Gasteiger partial charge in [0.2, 0.25) is 0 Å². The second-order valence-electron chi connectivity index (χ2n) is 5.14. The molecule has 3 nitrogen and oxygen atoms in total. The van der Waals surface area contributed by atoms with E-state index < -0.39 is 0 Å². The van der Waals surface area contributed by atoms with Crippen molar-refractivity contribution in [2.75, 3.05) is 5.73 Å². The van der Waals surface area contributed by atoms with Gasteiger partial charge in [-0.05, 0) is 59.7 Å². The number of anilines is 1. The summed E-state index contributed by atoms with van der Waals surface area (Å²) in [5.74, 6) is 0.402. The molecule has 0 saturated heterocycles. The van der Waals surface area contributed by atoms with Crippen LogP contribution in [0.5, 0.6) is 0 Å². The number of halogens is 2. The second-order valence-corrected chi connectivity index (χ2v) is 6.91. The van der Waals surface area contributed by atoms with E-state index in [4.69, 9.17) is 10.5 Å². The average molecular weight is 391 g/mol. The SMILES string of the molecule is CC1CCC(OC(=O)c2cc(Br)cc(Br)c2N)CC1. The van der Waals surface area contributed by atoms with E-state index in [9.17, 15) is 4.79 Å². The van der Waals surface area contributed by atoms with Gasteiger partial charge in [0.15, 0.2) is 0 Å². The maximum absolute atomic E-state index is 12.2. The van der Waals surface area contributed by atoms with Crippen LogP contribution in [0.1, 0.15) is 43.0 Å². The Morgan fingerprint density at radius 1 is 1.26 bits per heavy atom. The summed E-state index contributed by atoms with van der Waals surface area (Å²) in [6.45, 7) is 2.24. The van der Waals surface area contributed by atoms with E-state index in [0.717, 1.165) is 36.1 Å². The van der Waals surface area contributed by atoms with Gasteiger partial charge in [-0.15, -0.1) is 0 Å². The highest BCUT2D eigenvalue weighted by molar-refractivity contribution is 9.11. The lowest BCUT2D eigenvalue weighted by Gasteiger charge is -2.26. The Morgan fingerprint density at radius 2 is 1.89 bits per heavy atom. The summed E-state index contributed by atoms with van der Waals surface area (Å²) < 4.78 is 7.06. The Morgan fingerprint density at radius 3 is 2.53 bits per heavy atom. The first-order valence-electron chi connectivity index (χ1n) is 6.43. The van der Waals surface area contributed by atoms with E-state index in [2.05, 4.69) is 38.8 Å². The van der Waals surface area contributed by atoms with Gasteiger partial charge in [-0.25, -0.2) is 4.79 Å². The summed E-state index contributed by atoms with van der Waals surface area (Å²) in [5.41, 5.74) is 6.76. The predicted molar refractivity (Wildman–Crippen MR) is 83.1 cm³/mol. The Bertz CT molecular complexity index is 483. The minimum atomic E-state index is -0.334. The maximum Gasteiger partial charge on any atom is 0.340 e. The van der Waals surface area contributed by atoms with E-state index >= 15 is 0 Å². The number of benzene rings is 1. The molecule has 2 rings (SSSR count). The van der Waals surface area contributed by atoms with Gasteiger partial charge in [-0.2, -0.15) is 0 Å². The Hall–Kier alpha value is -0.550. The molecular formula is C14H17Br2NO2. The molecule has 0 spiro atoms. The molecule has 0 amide bonds. The number of nitrogens with two attached hydrogens (primary N) is 1. The maximum atomic E-state index is 12.2. The molecular weight excluding hydrogens is 374 g/mol. The highest BCUT2D eigenvalue weighted by Gasteiger charge is 2.23. The zero-order valence-corrected chi connectivity index (χ0v) is 14.0. The van der Waals surface area contributed by atoms with Crippen LogP contribution in [0.25, 0.3) is 0 Å². The van der Waals surface area contributed by atoms with Gasteiger partial charge >= 0.3 is 5.97 Å². The standard InChI is InChI=1S/C14H17Br2NO2/c1-8-2-4-10(5-3-8)19-14(18)11-6-9(15)7-12(16)13(11)17/h6-8,10H,2-5,17H2,1H3. The molecule has 104 valence electrons. The van der Waals surface area contributed by atoms with Crippen LogP contribution < -0.4 is 5.73 Å². The average Bonchev–Trinajstić information content (AvgIpc) is 2.36. The van der Waals surface area contributed by atoms with Crippen LogP contribution in [0.4, 0.5) is 5.69 Å². The van der Waals surface area contributed by atoms with Gasteiger partial charge in [0, 0.05) is 8.95 Å². The summed E-state index contributed by atoms with van der Waals surface area (Å²) in [7, 11) is 0. The molecule has 1 aliphatic carbocycles. The van der Waals surface area contributed by atoms with Crippen LogP contribution in [-0.2, 0) is 4.74 Å². The molecule has 19 heavy (non-hydrogen) atoms. The van der Waals surface area contributed by atoms with Crippen molar-refractivity contribution in [3.8, 4) is 0 Å². The molecule has 1 aromatic rings. The van der Waals surface area contributed by atoms with Crippen molar-refractivity contribution in [3.63, 3.8) is 0 Å². The van der Waals surface area contributed by atoms with E-state index in [1.165, 1.54) is 0 Å². The van der Waals surface area contributed by atoms with Crippen LogP contribution in [-0.4, -0.2) is 12.1 Å². The van der Waals surface area contributed by atoms with Crippen LogP contribution in [0.15, 0.2) is 21.1 Å². The number of ether oxygens (including phenoxy) is 1. The number of rotatable bonds is 2. The molecule has 0 heterocycles. The lowest BCUT2D eigenvalue weighted by molar-refractivity contribution is 0.0175. The van der Waals surface area contributed by atoms with Gasteiger partial charge < -0.3 is 10.5 Å². The molecule has 0 aromatic heterocycles. The lowest BCUT2D eigenvalue weighted by Crippen LogP contribution is -2.24. The normalized spacial score (nSPS) is 23.1. The fraction of sp³-hybridized carbons (Fsp3) is 0.500. The molecule has 0 bridgehead atoms. The third kappa shape index (κ3) is 3.72. The third-order valence-corrected chi connectivity index (χ3v) is 4.66. The van der Waals surface area contributed by atoms with Gasteiger partial charge in [-0.1, -0.05) is 22.9 Å². The van der Waals surface area contributed by atoms with Gasteiger partial charge in [0.25, 0.3) is 0 Å². The second kappa shape index (κ2) is 6.27. The lowest BCUT2D eigenvalue weighted by atomic mass is 9.89. The Balaban J connectivity index is 2.08. The fourth-order valence-corrected chi connectivity index (χ4v) is 3.54. The van der Waals surface area contributed by atoms with Crippen LogP contribution in [0, 0.1) is 5.92 Å². The zero-order chi connectivity index (χ0) is 14.0. The first-order valence-corrected chi connectivity index (χ1v) is 8.01. The molecule has 0 atom stereocenters. The summed E-state index contributed by atoms with van der Waals surface area (Å²) in [6, 6.07) is 3.52. The van der Waals surface area contributed by atoms with Crippen LogP contribution in [0.2, 0.25) is 0 Å². The number of carbonyl (C=O) groups excluding carboxylic acids is 1. The fourth-order valence-electron chi connectivity index (χ4n) is 2.32. The summed E-state index contributed by atoms with van der Waals surface area (Å²) in [4.78, 5) is 12.2. The monoisotopic (exact) mass is 389 g/mol. The van der Waals surface area contributed by atoms with Gasteiger partial charge in [-0.3, -0.25) is 0 Å². The molecule has 1 aromatic carbocycles. The van der Waals surface area contributed by atoms with E-state index in [1.807, 2.05) is 6.07 Å². The Kier molecular flexibility index (Phi) is 4.90. The smallest absolute Gasteiger partial charge is 0.340 e. The summed E-state index contributed by atoms with van der Waals surface area (Å²) >= 11 is 6.69. The van der Waals surface area contributed by atoms with Crippen molar-refractivity contribution < 1.29 is 9.53 Å². The highest BCUT2D eigenvalue weighted by atomic mass is 79.9. The van der Waals surface area contributed by atoms with Gasteiger partial charge in [0.1, 0.15) is 6.10 Å². The predicted octanol–water partition coefficient (Wildman–Crippen LogP) is 4.53. The molecule has 0 unspecified atom stereocenters. The van der Waals surface area contributed by atoms with Crippen molar-refractivity contribution in [1.82, 2.24) is 0 Å². The quantitative estimate of drug-likeness (QED) is 0.596. The largest absolute Gasteiger partial charge is 0.459 e. The molecule has 1 fully saturated rings. The van der Waals surface area contributed by atoms with Gasteiger partial charge in [0.05, 0.1) is 11.3 Å². The molecule has 0 radical (unpaired) electrons. The minimum absolute atomic E-state index is 0.0286. The Labute approximate surface area is 130 Å². The number of nitrogen functional groups attached to an aromatic ring is 1. The zero-order valence-electron chi connectivity index (χ0n) is 10.8. The van der Waals surface area contributed by atoms with Crippen molar-refractivity contribution in [1.29, 1.82) is 0 Å². The first-order chi connectivity index (χ1) is 8.97. The third-order valence-electron chi connectivity index (χ3n) is 3.55. The number of esters is 1. The highest BCUT2D eigenvalue weighted by Crippen LogP contribution is 2.31. The summed E-state index contributed by atoms with van der Waals surface area (Å²) in [5, 5.41) is 0. The summed E-state index contributed by atoms with van der Waals surface area (Å²) in [6.07, 6.45) is 4.16. The molecule has 2 N–H and O–H groups in total. The number of carbonyl (C=O) groups is 1. The first kappa shape index (κ1) is 14.9. The van der Waals surface area contributed by atoms with Crippen molar-refractivity contribution >= 4 is 43.5 Å². The number of hydrogen-bond donors (Lipinski definition) is 1. The molecule has 5 heteroatoms. The van der Waals surface area contributed by atoms with Crippen LogP contribution in [0.3, 0.4) is 0 Å². The molecule has 1 saturated carbocycles.